The Morgan fingerprint density at radius 2 is 1.97 bits per heavy atom. The maximum Gasteiger partial charge on any atom is 0.326 e. The topological polar surface area (TPSA) is 73.2 Å². The van der Waals surface area contributed by atoms with E-state index in [-0.39, 0.29) is 12.5 Å². The molecule has 1 amide bonds. The molecular weight excluding hydrogens is 386 g/mol. The molecule has 29 heavy (non-hydrogen) atoms. The molecule has 0 spiro atoms. The fourth-order valence-electron chi connectivity index (χ4n) is 3.06. The summed E-state index contributed by atoms with van der Waals surface area (Å²) in [6.45, 7) is 5.47. The molecular formula is C22H25N3O3S. The highest BCUT2D eigenvalue weighted by molar-refractivity contribution is 7.97. The van der Waals surface area contributed by atoms with Gasteiger partial charge in [0, 0.05) is 5.69 Å². The van der Waals surface area contributed by atoms with Crippen molar-refractivity contribution >= 4 is 40.4 Å². The van der Waals surface area contributed by atoms with E-state index in [1.54, 1.807) is 18.7 Å². The van der Waals surface area contributed by atoms with Gasteiger partial charge in [0.05, 0.1) is 16.8 Å². The fourth-order valence-corrected chi connectivity index (χ4v) is 3.54. The molecule has 3 rings (SSSR count). The van der Waals surface area contributed by atoms with Crippen LogP contribution >= 0.6 is 11.8 Å². The minimum Gasteiger partial charge on any atom is -0.451 e. The van der Waals surface area contributed by atoms with Gasteiger partial charge in [-0.2, -0.15) is 11.8 Å². The molecule has 1 atom stereocenters. The van der Waals surface area contributed by atoms with Crippen molar-refractivity contribution in [3.63, 3.8) is 0 Å². The fraction of sp³-hybridized carbons (Fsp3) is 0.318. The molecule has 0 aliphatic carbocycles. The number of nitrogens with zero attached hydrogens (tertiary/aromatic N) is 2. The van der Waals surface area contributed by atoms with Gasteiger partial charge in [-0.15, -0.1) is 0 Å². The Kier molecular flexibility index (Phi) is 6.59. The number of amides is 1. The third-order valence-electron chi connectivity index (χ3n) is 4.62. The summed E-state index contributed by atoms with van der Waals surface area (Å²) in [4.78, 5) is 29.6. The number of rotatable bonds is 7. The number of imidazole rings is 1. The zero-order valence-electron chi connectivity index (χ0n) is 17.1. The van der Waals surface area contributed by atoms with E-state index in [1.807, 2.05) is 67.1 Å². The van der Waals surface area contributed by atoms with Crippen LogP contribution in [-0.4, -0.2) is 33.8 Å². The molecule has 6 nitrogen and oxygen atoms in total. The normalized spacial score (nSPS) is 12.0. The number of para-hydroxylation sites is 2. The van der Waals surface area contributed by atoms with E-state index >= 15 is 0 Å². The van der Waals surface area contributed by atoms with Crippen LogP contribution in [0, 0.1) is 13.8 Å². The second-order valence-electron chi connectivity index (χ2n) is 6.98. The van der Waals surface area contributed by atoms with Gasteiger partial charge in [0.25, 0.3) is 5.91 Å². The number of ether oxygens (including phenoxy) is 1. The van der Waals surface area contributed by atoms with Crippen molar-refractivity contribution in [1.82, 2.24) is 9.55 Å². The van der Waals surface area contributed by atoms with Crippen molar-refractivity contribution < 1.29 is 14.3 Å². The van der Waals surface area contributed by atoms with Crippen molar-refractivity contribution in [3.05, 3.63) is 59.4 Å². The number of carbonyl (C=O) groups excluding carboxylic acids is 2. The first-order chi connectivity index (χ1) is 13.9. The lowest BCUT2D eigenvalue weighted by atomic mass is 10.1. The average Bonchev–Trinajstić information content (AvgIpc) is 3.02. The largest absolute Gasteiger partial charge is 0.451 e. The van der Waals surface area contributed by atoms with Crippen molar-refractivity contribution in [3.8, 4) is 0 Å². The van der Waals surface area contributed by atoms with Crippen molar-refractivity contribution in [2.75, 3.05) is 11.6 Å². The number of aromatic nitrogens is 2. The zero-order chi connectivity index (χ0) is 21.0. The molecule has 1 aromatic heterocycles. The maximum absolute atomic E-state index is 12.5. The number of nitrogens with one attached hydrogen (secondary N) is 1. The Labute approximate surface area is 174 Å². The highest BCUT2D eigenvalue weighted by atomic mass is 32.2. The van der Waals surface area contributed by atoms with E-state index < -0.39 is 12.1 Å². The summed E-state index contributed by atoms with van der Waals surface area (Å²) in [7, 11) is 0. The van der Waals surface area contributed by atoms with Gasteiger partial charge >= 0.3 is 5.97 Å². The molecule has 3 aromatic rings. The molecule has 7 heteroatoms. The van der Waals surface area contributed by atoms with Gasteiger partial charge in [-0.05, 0) is 56.4 Å². The van der Waals surface area contributed by atoms with E-state index in [4.69, 9.17) is 4.74 Å². The Morgan fingerprint density at radius 3 is 2.72 bits per heavy atom. The monoisotopic (exact) mass is 411 g/mol. The summed E-state index contributed by atoms with van der Waals surface area (Å²) in [5.74, 6) is 0.666. The van der Waals surface area contributed by atoms with Gasteiger partial charge in [-0.25, -0.2) is 4.98 Å². The first-order valence-electron chi connectivity index (χ1n) is 9.39. The van der Waals surface area contributed by atoms with Gasteiger partial charge in [-0.1, -0.05) is 24.3 Å². The molecule has 0 unspecified atom stereocenters. The highest BCUT2D eigenvalue weighted by Gasteiger charge is 2.20. The molecule has 2 aromatic carbocycles. The van der Waals surface area contributed by atoms with Crippen molar-refractivity contribution in [2.24, 2.45) is 0 Å². The number of carbonyl (C=O) groups is 2. The van der Waals surface area contributed by atoms with E-state index in [2.05, 4.69) is 10.3 Å². The lowest BCUT2D eigenvalue weighted by Crippen LogP contribution is -2.31. The van der Waals surface area contributed by atoms with Gasteiger partial charge in [-0.3, -0.25) is 9.59 Å². The second-order valence-corrected chi connectivity index (χ2v) is 7.84. The number of hydrogen-bond donors (Lipinski definition) is 1. The van der Waals surface area contributed by atoms with E-state index in [1.165, 1.54) is 0 Å². The number of aryl methyl sites for hydroxylation is 2. The first kappa shape index (κ1) is 20.9. The van der Waals surface area contributed by atoms with Crippen LogP contribution in [0.4, 0.5) is 5.69 Å². The number of hydrogen-bond acceptors (Lipinski definition) is 5. The van der Waals surface area contributed by atoms with E-state index in [0.29, 0.717) is 5.75 Å². The lowest BCUT2D eigenvalue weighted by Gasteiger charge is -2.16. The summed E-state index contributed by atoms with van der Waals surface area (Å²) >= 11 is 1.63. The summed E-state index contributed by atoms with van der Waals surface area (Å²) in [5, 5.41) is 2.84. The molecule has 1 N–H and O–H groups in total. The quantitative estimate of drug-likeness (QED) is 0.593. The molecule has 0 saturated heterocycles. The summed E-state index contributed by atoms with van der Waals surface area (Å²) in [5.41, 5.74) is 4.43. The van der Waals surface area contributed by atoms with Crippen LogP contribution in [0.25, 0.3) is 11.0 Å². The summed E-state index contributed by atoms with van der Waals surface area (Å²) in [6, 6.07) is 13.5. The molecule has 0 aliphatic heterocycles. The smallest absolute Gasteiger partial charge is 0.326 e. The van der Waals surface area contributed by atoms with Gasteiger partial charge in [0.15, 0.2) is 6.10 Å². The van der Waals surface area contributed by atoms with Gasteiger partial charge < -0.3 is 14.6 Å². The second kappa shape index (κ2) is 9.13. The van der Waals surface area contributed by atoms with Crippen LogP contribution < -0.4 is 5.32 Å². The molecule has 0 fully saturated rings. The van der Waals surface area contributed by atoms with Crippen LogP contribution in [0.1, 0.15) is 23.9 Å². The summed E-state index contributed by atoms with van der Waals surface area (Å²) in [6.07, 6.45) is 1.09. The highest BCUT2D eigenvalue weighted by Crippen LogP contribution is 2.20. The molecule has 0 aliphatic rings. The standard InChI is InChI=1S/C22H25N3O3S/c1-14-9-10-15(2)18(11-14)24-22(27)16(3)28-21(26)12-25-19-8-6-5-7-17(19)23-20(25)13-29-4/h5-11,16H,12-13H2,1-4H3,(H,24,27)/t16-/m1/s1. The number of benzene rings is 2. The van der Waals surface area contributed by atoms with Gasteiger partial charge in [0.2, 0.25) is 0 Å². The number of thioether (sulfide) groups is 1. The Bertz CT molecular complexity index is 1040. The molecule has 1 heterocycles. The minimum atomic E-state index is -0.902. The average molecular weight is 412 g/mol. The predicted molar refractivity (Wildman–Crippen MR) is 117 cm³/mol. The maximum atomic E-state index is 12.5. The third-order valence-corrected chi connectivity index (χ3v) is 5.17. The molecule has 152 valence electrons. The third kappa shape index (κ3) is 4.98. The Hall–Kier alpha value is -2.80. The van der Waals surface area contributed by atoms with E-state index in [0.717, 1.165) is 33.7 Å². The van der Waals surface area contributed by atoms with Crippen LogP contribution in [0.3, 0.4) is 0 Å². The van der Waals surface area contributed by atoms with Crippen LogP contribution in [0.15, 0.2) is 42.5 Å². The minimum absolute atomic E-state index is 0.0114. The molecule has 0 bridgehead atoms. The van der Waals surface area contributed by atoms with Gasteiger partial charge in [0.1, 0.15) is 12.4 Å². The van der Waals surface area contributed by atoms with Crippen LogP contribution in [0.2, 0.25) is 0 Å². The predicted octanol–water partition coefficient (Wildman–Crippen LogP) is 4.09. The first-order valence-corrected chi connectivity index (χ1v) is 10.8. The molecule has 0 saturated carbocycles. The number of esters is 1. The van der Waals surface area contributed by atoms with Crippen molar-refractivity contribution in [2.45, 2.75) is 39.2 Å². The Morgan fingerprint density at radius 1 is 1.21 bits per heavy atom. The van der Waals surface area contributed by atoms with E-state index in [9.17, 15) is 9.59 Å². The van der Waals surface area contributed by atoms with Crippen LogP contribution in [0.5, 0.6) is 0 Å². The Balaban J connectivity index is 1.69. The SMILES string of the molecule is CSCc1nc2ccccc2n1CC(=O)O[C@H](C)C(=O)Nc1cc(C)ccc1C. The molecule has 0 radical (unpaired) electrons. The van der Waals surface area contributed by atoms with Crippen LogP contribution in [-0.2, 0) is 26.6 Å². The summed E-state index contributed by atoms with van der Waals surface area (Å²) < 4.78 is 7.25. The lowest BCUT2D eigenvalue weighted by molar-refractivity contribution is -0.153. The van der Waals surface area contributed by atoms with Crippen molar-refractivity contribution in [1.29, 1.82) is 0 Å². The number of anilines is 1. The number of fused-ring (bicyclic) bond motifs is 1. The zero-order valence-corrected chi connectivity index (χ0v) is 17.9.